The number of aromatic nitrogens is 3. The molecule has 0 saturated carbocycles. The molecule has 0 amide bonds. The van der Waals surface area contributed by atoms with Gasteiger partial charge in [-0.15, -0.1) is 0 Å². The summed E-state index contributed by atoms with van der Waals surface area (Å²) in [4.78, 5) is 19.4. The fourth-order valence-corrected chi connectivity index (χ4v) is 8.79. The highest BCUT2D eigenvalue weighted by atomic mass is 19.1. The van der Waals surface area contributed by atoms with Crippen molar-refractivity contribution in [2.24, 2.45) is 0 Å². The Morgan fingerprint density at radius 1 is 1.11 bits per heavy atom. The molecule has 9 rings (SSSR count). The lowest BCUT2D eigenvalue weighted by Crippen LogP contribution is -2.60. The van der Waals surface area contributed by atoms with Crippen LogP contribution < -0.4 is 19.7 Å². The molecule has 9 nitrogen and oxygen atoms in total. The van der Waals surface area contributed by atoms with Crippen LogP contribution in [0, 0.1) is 5.82 Å². The van der Waals surface area contributed by atoms with Crippen molar-refractivity contribution in [3.63, 3.8) is 0 Å². The molecule has 7 heterocycles. The third kappa shape index (κ3) is 3.92. The van der Waals surface area contributed by atoms with Crippen LogP contribution in [0.2, 0.25) is 0 Å². The quantitative estimate of drug-likeness (QED) is 0.331. The van der Waals surface area contributed by atoms with Crippen molar-refractivity contribution in [3.05, 3.63) is 41.7 Å². The van der Waals surface area contributed by atoms with Gasteiger partial charge in [0.25, 0.3) is 0 Å². The van der Waals surface area contributed by atoms with Gasteiger partial charge in [-0.05, 0) is 86.5 Å². The number of phenols is 1. The van der Waals surface area contributed by atoms with Gasteiger partial charge in [-0.3, -0.25) is 4.90 Å². The standard InChI is InChI=1S/C34H37FN6O3/c1-2-19-6-3-7-20-14-22(42)15-23(26(19)20)29-28(35)30-27-31(39-33(38-30)44-18-34-10-4-12-40(34)13-5-11-34)41-16-21-8-9-24(36-21)25(41)17-43-32(27)37-29/h3,6-7,14-15,21,24-25,36,42H,2,4-5,8-13,16-18H2,1H3/t21-,24+,25+/m0/s1. The Balaban J connectivity index is 1.24. The number of piperazine rings is 1. The number of aromatic hydroxyl groups is 1. The van der Waals surface area contributed by atoms with Gasteiger partial charge in [0.1, 0.15) is 41.4 Å². The molecule has 10 heteroatoms. The summed E-state index contributed by atoms with van der Waals surface area (Å²) in [6.45, 7) is 5.93. The SMILES string of the molecule is CCc1cccc2cc(O)cc(-c3nc4c5c(nc(OCC67CCCN6CCC7)nc5c3F)N3C[C@@H]5CC[C@@H](N5)[C@H]3CO4)c12. The predicted molar refractivity (Wildman–Crippen MR) is 166 cm³/mol. The number of anilines is 1. The molecule has 5 aliphatic heterocycles. The third-order valence-corrected chi connectivity index (χ3v) is 10.9. The van der Waals surface area contributed by atoms with E-state index in [1.807, 2.05) is 18.2 Å². The zero-order valence-electron chi connectivity index (χ0n) is 25.0. The van der Waals surface area contributed by atoms with Crippen molar-refractivity contribution in [3.8, 4) is 28.9 Å². The summed E-state index contributed by atoms with van der Waals surface area (Å²) in [6, 6.07) is 10.1. The van der Waals surface area contributed by atoms with E-state index in [2.05, 4.69) is 22.0 Å². The zero-order valence-corrected chi connectivity index (χ0v) is 25.0. The van der Waals surface area contributed by atoms with Gasteiger partial charge in [-0.2, -0.15) is 9.97 Å². The average Bonchev–Trinajstić information content (AvgIpc) is 3.71. The zero-order chi connectivity index (χ0) is 29.6. The lowest BCUT2D eigenvalue weighted by Gasteiger charge is -2.40. The number of aryl methyl sites for hydroxylation is 1. The molecular formula is C34H37FN6O3. The van der Waals surface area contributed by atoms with Crippen LogP contribution in [0.1, 0.15) is 51.0 Å². The minimum atomic E-state index is -0.559. The van der Waals surface area contributed by atoms with Gasteiger partial charge in [-0.25, -0.2) is 9.37 Å². The van der Waals surface area contributed by atoms with Gasteiger partial charge < -0.3 is 24.8 Å². The molecule has 4 fully saturated rings. The lowest BCUT2D eigenvalue weighted by molar-refractivity contribution is 0.108. The normalized spacial score (nSPS) is 25.2. The van der Waals surface area contributed by atoms with Crippen molar-refractivity contribution < 1.29 is 19.0 Å². The molecule has 4 saturated heterocycles. The number of nitrogens with one attached hydrogen (secondary N) is 1. The molecule has 0 radical (unpaired) electrons. The van der Waals surface area contributed by atoms with Crippen LogP contribution in [-0.4, -0.2) is 81.5 Å². The van der Waals surface area contributed by atoms with E-state index in [1.165, 1.54) is 12.8 Å². The molecule has 44 heavy (non-hydrogen) atoms. The molecule has 2 aromatic carbocycles. The number of halogens is 1. The van der Waals surface area contributed by atoms with E-state index < -0.39 is 5.82 Å². The van der Waals surface area contributed by atoms with Crippen LogP contribution in [0.4, 0.5) is 10.2 Å². The summed E-state index contributed by atoms with van der Waals surface area (Å²) in [5.41, 5.74) is 1.84. The van der Waals surface area contributed by atoms with E-state index in [4.69, 9.17) is 24.4 Å². The molecule has 2 aromatic heterocycles. The van der Waals surface area contributed by atoms with E-state index >= 15 is 4.39 Å². The number of rotatable bonds is 5. The van der Waals surface area contributed by atoms with Crippen LogP contribution >= 0.6 is 0 Å². The number of pyridine rings is 1. The summed E-state index contributed by atoms with van der Waals surface area (Å²) < 4.78 is 29.9. The Hall–Kier alpha value is -3.76. The Morgan fingerprint density at radius 2 is 1.98 bits per heavy atom. The Morgan fingerprint density at radius 3 is 2.82 bits per heavy atom. The predicted octanol–water partition coefficient (Wildman–Crippen LogP) is 4.96. The van der Waals surface area contributed by atoms with Crippen molar-refractivity contribution >= 4 is 27.5 Å². The Labute approximate surface area is 255 Å². The van der Waals surface area contributed by atoms with Gasteiger partial charge >= 0.3 is 6.01 Å². The maximum Gasteiger partial charge on any atom is 0.319 e. The molecular weight excluding hydrogens is 559 g/mol. The van der Waals surface area contributed by atoms with Crippen LogP contribution in [0.15, 0.2) is 30.3 Å². The topological polar surface area (TPSA) is 95.9 Å². The summed E-state index contributed by atoms with van der Waals surface area (Å²) in [6.07, 6.45) is 7.44. The van der Waals surface area contributed by atoms with Crippen molar-refractivity contribution in [2.75, 3.05) is 37.7 Å². The van der Waals surface area contributed by atoms with Crippen LogP contribution in [0.3, 0.4) is 0 Å². The highest BCUT2D eigenvalue weighted by Crippen LogP contribution is 2.45. The molecule has 5 aliphatic rings. The third-order valence-electron chi connectivity index (χ3n) is 10.9. The average molecular weight is 597 g/mol. The number of hydrogen-bond donors (Lipinski definition) is 2. The highest BCUT2D eigenvalue weighted by molar-refractivity contribution is 6.03. The second kappa shape index (κ2) is 9.87. The van der Waals surface area contributed by atoms with Crippen molar-refractivity contribution in [1.82, 2.24) is 25.2 Å². The highest BCUT2D eigenvalue weighted by Gasteiger charge is 2.46. The summed E-state index contributed by atoms with van der Waals surface area (Å²) in [7, 11) is 0. The minimum absolute atomic E-state index is 0.0103. The van der Waals surface area contributed by atoms with Crippen molar-refractivity contribution in [2.45, 2.75) is 75.5 Å². The first-order valence-corrected chi connectivity index (χ1v) is 16.2. The number of fused-ring (bicyclic) bond motifs is 7. The largest absolute Gasteiger partial charge is 0.508 e. The molecule has 228 valence electrons. The second-order valence-corrected chi connectivity index (χ2v) is 13.3. The second-order valence-electron chi connectivity index (χ2n) is 13.3. The van der Waals surface area contributed by atoms with E-state index in [-0.39, 0.29) is 40.6 Å². The maximum atomic E-state index is 17.0. The fourth-order valence-electron chi connectivity index (χ4n) is 8.79. The first-order valence-electron chi connectivity index (χ1n) is 16.2. The number of hydrogen-bond acceptors (Lipinski definition) is 9. The Kier molecular flexibility index (Phi) is 5.97. The molecule has 4 aromatic rings. The number of nitrogens with zero attached hydrogens (tertiary/aromatic N) is 5. The first kappa shape index (κ1) is 26.6. The van der Waals surface area contributed by atoms with E-state index in [0.717, 1.165) is 68.1 Å². The number of ether oxygens (including phenoxy) is 2. The summed E-state index contributed by atoms with van der Waals surface area (Å²) in [5, 5.41) is 16.6. The molecule has 0 aliphatic carbocycles. The van der Waals surface area contributed by atoms with Crippen LogP contribution in [-0.2, 0) is 6.42 Å². The van der Waals surface area contributed by atoms with Crippen LogP contribution in [0.25, 0.3) is 32.9 Å². The van der Waals surface area contributed by atoms with Gasteiger partial charge in [0.05, 0.1) is 11.6 Å². The monoisotopic (exact) mass is 596 g/mol. The van der Waals surface area contributed by atoms with E-state index in [1.54, 1.807) is 12.1 Å². The molecule has 3 atom stereocenters. The lowest BCUT2D eigenvalue weighted by atomic mass is 9.95. The molecule has 2 N–H and O–H groups in total. The first-order chi connectivity index (χ1) is 21.5. The minimum Gasteiger partial charge on any atom is -0.508 e. The summed E-state index contributed by atoms with van der Waals surface area (Å²) in [5.74, 6) is 0.459. The smallest absolute Gasteiger partial charge is 0.319 e. The van der Waals surface area contributed by atoms with Gasteiger partial charge in [-0.1, -0.05) is 25.1 Å². The van der Waals surface area contributed by atoms with E-state index in [9.17, 15) is 5.11 Å². The van der Waals surface area contributed by atoms with Gasteiger partial charge in [0.2, 0.25) is 5.88 Å². The molecule has 0 unspecified atom stereocenters. The van der Waals surface area contributed by atoms with E-state index in [0.29, 0.717) is 41.9 Å². The van der Waals surface area contributed by atoms with Gasteiger partial charge in [0.15, 0.2) is 5.82 Å². The Bertz CT molecular complexity index is 1810. The van der Waals surface area contributed by atoms with Gasteiger partial charge in [0, 0.05) is 24.2 Å². The summed E-state index contributed by atoms with van der Waals surface area (Å²) >= 11 is 0. The van der Waals surface area contributed by atoms with Crippen molar-refractivity contribution in [1.29, 1.82) is 0 Å². The van der Waals surface area contributed by atoms with Crippen LogP contribution in [0.5, 0.6) is 17.6 Å². The maximum absolute atomic E-state index is 17.0. The molecule has 2 bridgehead atoms. The number of phenolic OH excluding ortho intramolecular Hbond substituents is 1. The fraction of sp³-hybridized carbons (Fsp3) is 0.500. The molecule has 0 spiro atoms. The number of benzene rings is 2.